The van der Waals surface area contributed by atoms with Gasteiger partial charge in [-0.25, -0.2) is 14.3 Å². The Labute approximate surface area is 295 Å². The summed E-state index contributed by atoms with van der Waals surface area (Å²) in [6, 6.07) is 40.4. The van der Waals surface area contributed by atoms with Crippen LogP contribution in [0.3, 0.4) is 0 Å². The fourth-order valence-corrected chi connectivity index (χ4v) is 9.79. The first-order valence-corrected chi connectivity index (χ1v) is 17.4. The predicted octanol–water partition coefficient (Wildman–Crippen LogP) is 12.7. The Hall–Kier alpha value is -5.23. The lowest BCUT2D eigenvalue weighted by Crippen LogP contribution is -2.16. The van der Waals surface area contributed by atoms with Gasteiger partial charge in [0.2, 0.25) is 5.95 Å². The van der Waals surface area contributed by atoms with Gasteiger partial charge in [-0.15, -0.1) is 11.3 Å². The van der Waals surface area contributed by atoms with Crippen molar-refractivity contribution in [2.24, 2.45) is 0 Å². The third-order valence-corrected chi connectivity index (χ3v) is 11.6. The first-order chi connectivity index (χ1) is 26.0. The molecule has 0 atom stereocenters. The van der Waals surface area contributed by atoms with Crippen molar-refractivity contribution < 1.29 is 8.22 Å². The van der Waals surface area contributed by atoms with E-state index >= 15 is 0 Å². The Bertz CT molecular complexity index is 3040. The Morgan fingerprint density at radius 2 is 1.35 bits per heavy atom. The zero-order valence-electron chi connectivity index (χ0n) is 31.7. The minimum absolute atomic E-state index is 0.0168. The van der Waals surface area contributed by atoms with Crippen molar-refractivity contribution in [3.05, 3.63) is 138 Å². The number of nitrogens with zero attached hydrogens (tertiary/aromatic N) is 3. The van der Waals surface area contributed by atoms with Crippen LogP contribution in [0.4, 0.5) is 11.6 Å². The van der Waals surface area contributed by atoms with E-state index in [0.717, 1.165) is 42.6 Å². The van der Waals surface area contributed by atoms with Crippen LogP contribution in [0.15, 0.2) is 126 Å². The van der Waals surface area contributed by atoms with E-state index in [1.165, 1.54) is 26.9 Å². The third kappa shape index (κ3) is 3.95. The highest BCUT2D eigenvalue weighted by Crippen LogP contribution is 2.59. The van der Waals surface area contributed by atoms with E-state index < -0.39 is 13.7 Å². The van der Waals surface area contributed by atoms with Gasteiger partial charge in [0.15, 0.2) is 0 Å². The molecule has 9 aromatic rings. The molecule has 7 aromatic carbocycles. The molecule has 0 unspecified atom stereocenters. The fourth-order valence-electron chi connectivity index (χ4n) is 7.40. The van der Waals surface area contributed by atoms with Crippen LogP contribution >= 0.6 is 23.3 Å². The molecule has 1 aliphatic rings. The van der Waals surface area contributed by atoms with Gasteiger partial charge in [0.25, 0.3) is 0 Å². The summed E-state index contributed by atoms with van der Waals surface area (Å²) < 4.78 is 54.4. The van der Waals surface area contributed by atoms with Crippen LogP contribution in [0.25, 0.3) is 75.0 Å². The average Bonchev–Trinajstić information content (AvgIpc) is 3.56. The minimum Gasteiger partial charge on any atom is -0.246 e. The van der Waals surface area contributed by atoms with Gasteiger partial charge in [0.1, 0.15) is 0 Å². The van der Waals surface area contributed by atoms with Crippen LogP contribution in [-0.2, 0) is 0 Å². The molecule has 0 aliphatic carbocycles. The quantitative estimate of drug-likeness (QED) is 0.173. The summed E-state index contributed by atoms with van der Waals surface area (Å²) in [5.41, 5.74) is 5.15. The molecule has 0 saturated heterocycles. The van der Waals surface area contributed by atoms with Crippen LogP contribution in [0.5, 0.6) is 0 Å². The molecule has 2 aromatic heterocycles. The van der Waals surface area contributed by atoms with E-state index in [2.05, 4.69) is 89.2 Å². The number of hydrogen-bond donors (Lipinski definition) is 0. The molecule has 0 spiro atoms. The first-order valence-electron chi connectivity index (χ1n) is 18.8. The van der Waals surface area contributed by atoms with Crippen LogP contribution < -0.4 is 4.31 Å². The van der Waals surface area contributed by atoms with Crippen LogP contribution in [-0.4, -0.2) is 9.97 Å². The van der Waals surface area contributed by atoms with E-state index in [0.29, 0.717) is 33.7 Å². The van der Waals surface area contributed by atoms with Gasteiger partial charge in [0.05, 0.1) is 21.6 Å². The number of hydrogen-bond acceptors (Lipinski definition) is 5. The molecule has 10 rings (SSSR count). The van der Waals surface area contributed by atoms with Gasteiger partial charge in [-0.3, -0.25) is 0 Å². The third-order valence-electron chi connectivity index (χ3n) is 9.39. The SMILES string of the molecule is [2H]C([2H])([2H])c1cc(C)c(-c2nc(N3Sc4ccc5ccccc5c4-c4c3c3sc5ccccc5c3c3ccccc43)nc3ccccc23)c(C([2H])([2H])[2H])c1. The van der Waals surface area contributed by atoms with Gasteiger partial charge in [0, 0.05) is 50.7 Å². The van der Waals surface area contributed by atoms with Crippen molar-refractivity contribution in [1.82, 2.24) is 9.97 Å². The Morgan fingerprint density at radius 3 is 2.21 bits per heavy atom. The van der Waals surface area contributed by atoms with E-state index in [4.69, 9.17) is 18.2 Å². The summed E-state index contributed by atoms with van der Waals surface area (Å²) in [4.78, 5) is 11.6. The number of aromatic nitrogens is 2. The molecule has 1 aliphatic heterocycles. The molecular formula is C43H29N3S2. The highest BCUT2D eigenvalue weighted by Gasteiger charge is 2.33. The first kappa shape index (κ1) is 22.4. The van der Waals surface area contributed by atoms with Crippen LogP contribution in [0.1, 0.15) is 24.9 Å². The molecular weight excluding hydrogens is 623 g/mol. The number of anilines is 2. The van der Waals surface area contributed by atoms with Crippen LogP contribution in [0, 0.1) is 20.6 Å². The number of rotatable bonds is 2. The monoisotopic (exact) mass is 657 g/mol. The molecule has 0 N–H and O–H groups in total. The second-order valence-corrected chi connectivity index (χ2v) is 14.3. The molecule has 3 heterocycles. The molecule has 0 saturated carbocycles. The summed E-state index contributed by atoms with van der Waals surface area (Å²) >= 11 is 3.31. The summed E-state index contributed by atoms with van der Waals surface area (Å²) in [7, 11) is 0. The Kier molecular flexibility index (Phi) is 4.84. The molecule has 0 bridgehead atoms. The number of benzene rings is 7. The normalized spacial score (nSPS) is 15.1. The average molecular weight is 658 g/mol. The van der Waals surface area contributed by atoms with Crippen molar-refractivity contribution in [2.45, 2.75) is 25.5 Å². The van der Waals surface area contributed by atoms with Gasteiger partial charge >= 0.3 is 0 Å². The smallest absolute Gasteiger partial charge is 0.241 e. The Morgan fingerprint density at radius 1 is 0.625 bits per heavy atom. The van der Waals surface area contributed by atoms with Gasteiger partial charge in [-0.05, 0) is 83.4 Å². The van der Waals surface area contributed by atoms with E-state index in [-0.39, 0.29) is 11.1 Å². The fraction of sp³-hybridized carbons (Fsp3) is 0.0698. The molecule has 5 heteroatoms. The summed E-state index contributed by atoms with van der Waals surface area (Å²) in [6.07, 6.45) is 0. The maximum atomic E-state index is 8.58. The predicted molar refractivity (Wildman–Crippen MR) is 207 cm³/mol. The van der Waals surface area contributed by atoms with Crippen molar-refractivity contribution in [3.8, 4) is 22.4 Å². The zero-order valence-corrected chi connectivity index (χ0v) is 27.3. The number of thiophene rings is 1. The van der Waals surface area contributed by atoms with E-state index in [9.17, 15) is 0 Å². The molecule has 0 amide bonds. The lowest BCUT2D eigenvalue weighted by molar-refractivity contribution is 1.16. The Balaban J connectivity index is 1.34. The maximum absolute atomic E-state index is 8.58. The van der Waals surface area contributed by atoms with Gasteiger partial charge in [-0.1, -0.05) is 109 Å². The zero-order chi connectivity index (χ0) is 37.1. The molecule has 48 heavy (non-hydrogen) atoms. The maximum Gasteiger partial charge on any atom is 0.241 e. The lowest BCUT2D eigenvalue weighted by Gasteiger charge is -2.32. The van der Waals surface area contributed by atoms with E-state index in [1.807, 2.05) is 24.3 Å². The number of fused-ring (bicyclic) bond motifs is 13. The minimum atomic E-state index is -2.61. The molecule has 3 nitrogen and oxygen atoms in total. The van der Waals surface area contributed by atoms with Crippen molar-refractivity contribution in [1.29, 1.82) is 0 Å². The van der Waals surface area contributed by atoms with Crippen LogP contribution in [0.2, 0.25) is 0 Å². The molecule has 228 valence electrons. The standard InChI is InChI=1S/C43H29N3S2/c1-24-22-25(2)36(26(3)23-24)40-31-16-8-10-18-33(31)44-43(45-40)46-41-39(38-28-13-5-4-12-27(28)20-21-35(38)48-46)30-15-7-6-14-29(30)37-32-17-9-11-19-34(32)47-42(37)41/h4-23H,1-3H3/i1D3,2D3. The largest absolute Gasteiger partial charge is 0.246 e. The van der Waals surface area contributed by atoms with Crippen molar-refractivity contribution in [3.63, 3.8) is 0 Å². The number of para-hydroxylation sites is 1. The summed E-state index contributed by atoms with van der Waals surface area (Å²) in [5.74, 6) is 0.401. The second-order valence-electron chi connectivity index (χ2n) is 12.2. The van der Waals surface area contributed by atoms with E-state index in [1.54, 1.807) is 36.3 Å². The molecule has 0 radical (unpaired) electrons. The summed E-state index contributed by atoms with van der Waals surface area (Å²) in [6.45, 7) is -3.33. The number of aryl methyl sites for hydroxylation is 3. The van der Waals surface area contributed by atoms with Gasteiger partial charge in [-0.2, -0.15) is 0 Å². The second kappa shape index (κ2) is 10.4. The van der Waals surface area contributed by atoms with Crippen molar-refractivity contribution >= 4 is 87.5 Å². The molecule has 0 fully saturated rings. The van der Waals surface area contributed by atoms with Crippen molar-refractivity contribution in [2.75, 3.05) is 4.31 Å². The summed E-state index contributed by atoms with van der Waals surface area (Å²) in [5, 5.41) is 7.61. The topological polar surface area (TPSA) is 29.0 Å². The highest BCUT2D eigenvalue weighted by molar-refractivity contribution is 8.01. The highest BCUT2D eigenvalue weighted by atomic mass is 32.2. The van der Waals surface area contributed by atoms with Gasteiger partial charge < -0.3 is 0 Å². The lowest BCUT2D eigenvalue weighted by atomic mass is 9.90.